The Hall–Kier alpha value is -3.14. The van der Waals surface area contributed by atoms with Crippen LogP contribution in [0.3, 0.4) is 0 Å². The summed E-state index contributed by atoms with van der Waals surface area (Å²) in [5.41, 5.74) is 5.65. The molecule has 1 aromatic rings. The maximum atomic E-state index is 12.8. The lowest BCUT2D eigenvalue weighted by atomic mass is 10.1. The second-order valence-corrected chi connectivity index (χ2v) is 7.08. The first-order valence-corrected chi connectivity index (χ1v) is 9.83. The van der Waals surface area contributed by atoms with Crippen LogP contribution in [0.4, 0.5) is 0 Å². The number of hydrogen-bond donors (Lipinski definition) is 4. The number of rotatable bonds is 5. The van der Waals surface area contributed by atoms with Crippen LogP contribution in [0.5, 0.6) is 5.75 Å². The molecule has 1 aliphatic heterocycles. The molecule has 2 atom stereocenters. The number of carboxylic acids is 1. The molecular weight excluding hydrogens is 392 g/mol. The highest BCUT2D eigenvalue weighted by Crippen LogP contribution is 2.18. The Morgan fingerprint density at radius 2 is 1.97 bits per heavy atom. The lowest BCUT2D eigenvalue weighted by Gasteiger charge is -2.26. The fraction of sp³-hybridized carbons (Fsp3) is 0.500. The molecule has 0 saturated heterocycles. The van der Waals surface area contributed by atoms with Gasteiger partial charge in [-0.1, -0.05) is 12.1 Å². The largest absolute Gasteiger partial charge is 0.491 e. The number of benzene rings is 1. The molecule has 0 spiro atoms. The summed E-state index contributed by atoms with van der Waals surface area (Å²) in [7, 11) is 1.60. The summed E-state index contributed by atoms with van der Waals surface area (Å²) in [6, 6.07) is 4.12. The van der Waals surface area contributed by atoms with E-state index < -0.39 is 36.3 Å². The van der Waals surface area contributed by atoms with Crippen LogP contribution >= 0.6 is 0 Å². The van der Waals surface area contributed by atoms with E-state index in [0.717, 1.165) is 0 Å². The molecule has 0 aromatic heterocycles. The van der Waals surface area contributed by atoms with Crippen molar-refractivity contribution in [2.75, 3.05) is 26.7 Å². The average Bonchev–Trinajstić information content (AvgIpc) is 2.71. The summed E-state index contributed by atoms with van der Waals surface area (Å²) >= 11 is 0. The van der Waals surface area contributed by atoms with Gasteiger partial charge in [-0.2, -0.15) is 0 Å². The molecule has 0 fully saturated rings. The van der Waals surface area contributed by atoms with Gasteiger partial charge < -0.3 is 31.1 Å². The Morgan fingerprint density at radius 1 is 1.23 bits per heavy atom. The first-order chi connectivity index (χ1) is 14.3. The molecule has 1 aromatic carbocycles. The van der Waals surface area contributed by atoms with E-state index in [4.69, 9.17) is 10.5 Å². The van der Waals surface area contributed by atoms with Crippen molar-refractivity contribution in [3.05, 3.63) is 29.8 Å². The topological polar surface area (TPSA) is 151 Å². The number of hydrogen-bond acceptors (Lipinski definition) is 6. The molecule has 0 radical (unpaired) electrons. The first-order valence-electron chi connectivity index (χ1n) is 9.83. The fourth-order valence-electron chi connectivity index (χ4n) is 3.07. The van der Waals surface area contributed by atoms with Gasteiger partial charge in [0.25, 0.3) is 5.91 Å². The SMILES string of the molecule is CN1CCOc2ccccc2C(=O)N[C@H](C(=O)O)CC(=O)N[C@@H](CCCCN)C1=O. The van der Waals surface area contributed by atoms with Crippen molar-refractivity contribution in [1.82, 2.24) is 15.5 Å². The molecule has 0 unspecified atom stereocenters. The summed E-state index contributed by atoms with van der Waals surface area (Å²) in [6.45, 7) is 0.833. The lowest BCUT2D eigenvalue weighted by Crippen LogP contribution is -2.51. The number of carbonyl (C=O) groups excluding carboxylic acids is 3. The summed E-state index contributed by atoms with van der Waals surface area (Å²) in [5, 5.41) is 14.4. The van der Waals surface area contributed by atoms with Gasteiger partial charge in [0.15, 0.2) is 0 Å². The van der Waals surface area contributed by atoms with Crippen LogP contribution in [0.25, 0.3) is 0 Å². The first kappa shape index (κ1) is 23.1. The zero-order valence-electron chi connectivity index (χ0n) is 16.9. The van der Waals surface area contributed by atoms with Gasteiger partial charge in [0.1, 0.15) is 24.4 Å². The second kappa shape index (κ2) is 11.1. The third-order valence-corrected chi connectivity index (χ3v) is 4.77. The second-order valence-electron chi connectivity index (χ2n) is 7.08. The predicted octanol–water partition coefficient (Wildman–Crippen LogP) is -0.276. The smallest absolute Gasteiger partial charge is 0.326 e. The highest BCUT2D eigenvalue weighted by Gasteiger charge is 2.29. The Morgan fingerprint density at radius 3 is 2.67 bits per heavy atom. The number of carboxylic acid groups (broad SMARTS) is 1. The third-order valence-electron chi connectivity index (χ3n) is 4.77. The normalized spacial score (nSPS) is 21.0. The van der Waals surface area contributed by atoms with Crippen LogP contribution in [0, 0.1) is 0 Å². The quantitative estimate of drug-likeness (QED) is 0.478. The molecule has 0 saturated carbocycles. The van der Waals surface area contributed by atoms with Crippen LogP contribution in [0.15, 0.2) is 24.3 Å². The Kier molecular flexibility index (Phi) is 8.60. The lowest BCUT2D eigenvalue weighted by molar-refractivity contribution is -0.141. The molecule has 10 heteroatoms. The van der Waals surface area contributed by atoms with E-state index in [2.05, 4.69) is 10.6 Å². The van der Waals surface area contributed by atoms with E-state index in [0.29, 0.717) is 25.8 Å². The van der Waals surface area contributed by atoms with Crippen molar-refractivity contribution in [3.8, 4) is 5.75 Å². The van der Waals surface area contributed by atoms with Crippen molar-refractivity contribution >= 4 is 23.7 Å². The molecule has 1 aliphatic rings. The molecule has 30 heavy (non-hydrogen) atoms. The maximum Gasteiger partial charge on any atom is 0.326 e. The van der Waals surface area contributed by atoms with Crippen molar-refractivity contribution in [2.24, 2.45) is 5.73 Å². The summed E-state index contributed by atoms with van der Waals surface area (Å²) in [5.74, 6) is -2.69. The number of ether oxygens (including phenoxy) is 1. The van der Waals surface area contributed by atoms with Crippen molar-refractivity contribution < 1.29 is 29.0 Å². The van der Waals surface area contributed by atoms with Crippen LogP contribution < -0.4 is 21.1 Å². The van der Waals surface area contributed by atoms with Gasteiger partial charge >= 0.3 is 5.97 Å². The maximum absolute atomic E-state index is 12.8. The van der Waals surface area contributed by atoms with Crippen LogP contribution in [-0.4, -0.2) is 72.5 Å². The standard InChI is InChI=1S/C20H28N4O6/c1-24-10-11-30-16-8-3-2-6-13(16)18(26)23-15(20(28)29)12-17(25)22-14(19(24)27)7-4-5-9-21/h2-3,6,8,14-15H,4-5,7,9-12,21H2,1H3,(H,22,25)(H,23,26)(H,28,29)/t14-,15-/m0/s1. The number of nitrogens with one attached hydrogen (secondary N) is 2. The van der Waals surface area contributed by atoms with E-state index >= 15 is 0 Å². The zero-order valence-corrected chi connectivity index (χ0v) is 16.9. The zero-order chi connectivity index (χ0) is 22.1. The highest BCUT2D eigenvalue weighted by atomic mass is 16.5. The minimum atomic E-state index is -1.45. The highest BCUT2D eigenvalue weighted by molar-refractivity contribution is 6.00. The molecule has 2 rings (SSSR count). The number of nitrogens with zero attached hydrogens (tertiary/aromatic N) is 1. The molecule has 5 N–H and O–H groups in total. The van der Waals surface area contributed by atoms with Gasteiger partial charge in [-0.25, -0.2) is 4.79 Å². The van der Waals surface area contributed by atoms with Crippen LogP contribution in [0.1, 0.15) is 36.0 Å². The van der Waals surface area contributed by atoms with Gasteiger partial charge in [-0.15, -0.1) is 0 Å². The van der Waals surface area contributed by atoms with Gasteiger partial charge in [-0.3, -0.25) is 14.4 Å². The predicted molar refractivity (Wildman–Crippen MR) is 108 cm³/mol. The van der Waals surface area contributed by atoms with Crippen molar-refractivity contribution in [1.29, 1.82) is 0 Å². The number of amides is 3. The Balaban J connectivity index is 2.29. The molecular formula is C20H28N4O6. The Bertz CT molecular complexity index is 784. The van der Waals surface area contributed by atoms with Crippen LogP contribution in [0.2, 0.25) is 0 Å². The third kappa shape index (κ3) is 6.45. The number of likely N-dealkylation sites (N-methyl/N-ethyl adjacent to an activating group) is 1. The Labute approximate surface area is 174 Å². The minimum Gasteiger partial charge on any atom is -0.491 e. The average molecular weight is 420 g/mol. The van der Waals surface area contributed by atoms with Crippen LogP contribution in [-0.2, 0) is 14.4 Å². The molecule has 0 bridgehead atoms. The summed E-state index contributed by atoms with van der Waals surface area (Å²) < 4.78 is 5.67. The molecule has 1 heterocycles. The number of carbonyl (C=O) groups is 4. The molecule has 164 valence electrons. The van der Waals surface area contributed by atoms with E-state index in [-0.39, 0.29) is 30.4 Å². The fourth-order valence-corrected chi connectivity index (χ4v) is 3.07. The van der Waals surface area contributed by atoms with Gasteiger partial charge in [-0.05, 0) is 37.9 Å². The molecule has 0 aliphatic carbocycles. The summed E-state index contributed by atoms with van der Waals surface area (Å²) in [6.07, 6.45) is 1.19. The van der Waals surface area contributed by atoms with Gasteiger partial charge in [0, 0.05) is 7.05 Å². The monoisotopic (exact) mass is 420 g/mol. The van der Waals surface area contributed by atoms with Crippen molar-refractivity contribution in [3.63, 3.8) is 0 Å². The summed E-state index contributed by atoms with van der Waals surface area (Å²) in [4.78, 5) is 50.9. The van der Waals surface area contributed by atoms with E-state index in [1.807, 2.05) is 0 Å². The van der Waals surface area contributed by atoms with Crippen molar-refractivity contribution in [2.45, 2.75) is 37.8 Å². The van der Waals surface area contributed by atoms with E-state index in [9.17, 15) is 24.3 Å². The molecule has 10 nitrogen and oxygen atoms in total. The van der Waals surface area contributed by atoms with Gasteiger partial charge in [0.05, 0.1) is 18.5 Å². The number of unbranched alkanes of at least 4 members (excludes halogenated alkanes) is 1. The van der Waals surface area contributed by atoms with E-state index in [1.165, 1.54) is 11.0 Å². The van der Waals surface area contributed by atoms with Gasteiger partial charge in [0.2, 0.25) is 11.8 Å². The molecule has 3 amide bonds. The van der Waals surface area contributed by atoms with E-state index in [1.54, 1.807) is 25.2 Å². The number of fused-ring (bicyclic) bond motifs is 1. The number of nitrogens with two attached hydrogens (primary N) is 1. The number of para-hydroxylation sites is 1. The minimum absolute atomic E-state index is 0.123. The number of aliphatic carboxylic acids is 1.